The maximum absolute atomic E-state index is 12.8. The van der Waals surface area contributed by atoms with Gasteiger partial charge in [-0.2, -0.15) is 0 Å². The van der Waals surface area contributed by atoms with E-state index < -0.39 is 0 Å². The molecule has 170 valence electrons. The van der Waals surface area contributed by atoms with E-state index in [4.69, 9.17) is 0 Å². The molecule has 3 aromatic carbocycles. The minimum absolute atomic E-state index is 0.196. The summed E-state index contributed by atoms with van der Waals surface area (Å²) in [6, 6.07) is 24.9. The molecule has 5 nitrogen and oxygen atoms in total. The number of anilines is 1. The highest BCUT2D eigenvalue weighted by Crippen LogP contribution is 2.18. The van der Waals surface area contributed by atoms with E-state index in [9.17, 15) is 9.59 Å². The van der Waals surface area contributed by atoms with Crippen molar-refractivity contribution in [3.63, 3.8) is 0 Å². The van der Waals surface area contributed by atoms with Gasteiger partial charge in [0.1, 0.15) is 0 Å². The molecule has 0 atom stereocenters. The van der Waals surface area contributed by atoms with Crippen molar-refractivity contribution in [1.82, 2.24) is 10.2 Å². The van der Waals surface area contributed by atoms with Crippen molar-refractivity contribution >= 4 is 17.5 Å². The highest BCUT2D eigenvalue weighted by molar-refractivity contribution is 6.09. The van der Waals surface area contributed by atoms with Crippen molar-refractivity contribution in [3.05, 3.63) is 101 Å². The third kappa shape index (κ3) is 6.53. The molecule has 1 aliphatic heterocycles. The van der Waals surface area contributed by atoms with Crippen molar-refractivity contribution in [1.29, 1.82) is 0 Å². The molecule has 0 unspecified atom stereocenters. The topological polar surface area (TPSA) is 61.4 Å². The van der Waals surface area contributed by atoms with Gasteiger partial charge in [-0.05, 0) is 67.7 Å². The number of carbonyl (C=O) groups is 2. The molecule has 0 spiro atoms. The molecule has 1 saturated heterocycles. The fourth-order valence-electron chi connectivity index (χ4n) is 4.18. The smallest absolute Gasteiger partial charge is 0.255 e. The van der Waals surface area contributed by atoms with Crippen molar-refractivity contribution in [2.24, 2.45) is 0 Å². The Morgan fingerprint density at radius 3 is 2.18 bits per heavy atom. The van der Waals surface area contributed by atoms with Gasteiger partial charge in [0.2, 0.25) is 0 Å². The molecule has 2 amide bonds. The molecule has 1 aliphatic rings. The number of piperidine rings is 1. The molecular weight excluding hydrogens is 410 g/mol. The lowest BCUT2D eigenvalue weighted by atomic mass is 10.1. The lowest BCUT2D eigenvalue weighted by Gasteiger charge is -2.26. The maximum Gasteiger partial charge on any atom is 0.255 e. The summed E-state index contributed by atoms with van der Waals surface area (Å²) in [5, 5.41) is 5.86. The number of carbonyl (C=O) groups excluding carboxylic acids is 2. The fourth-order valence-corrected chi connectivity index (χ4v) is 4.18. The quantitative estimate of drug-likeness (QED) is 0.523. The summed E-state index contributed by atoms with van der Waals surface area (Å²) < 4.78 is 0. The maximum atomic E-state index is 12.8. The average Bonchev–Trinajstić information content (AvgIpc) is 2.86. The summed E-state index contributed by atoms with van der Waals surface area (Å²) in [5.74, 6) is -0.414. The van der Waals surface area contributed by atoms with E-state index >= 15 is 0 Å². The third-order valence-corrected chi connectivity index (χ3v) is 6.03. The van der Waals surface area contributed by atoms with Gasteiger partial charge in [-0.1, -0.05) is 61.0 Å². The number of para-hydroxylation sites is 1. The van der Waals surface area contributed by atoms with Crippen LogP contribution >= 0.6 is 0 Å². The van der Waals surface area contributed by atoms with E-state index in [0.717, 1.165) is 26.1 Å². The van der Waals surface area contributed by atoms with Crippen molar-refractivity contribution < 1.29 is 9.59 Å². The molecule has 0 bridgehead atoms. The van der Waals surface area contributed by atoms with Crippen LogP contribution in [0.5, 0.6) is 0 Å². The number of nitrogens with one attached hydrogen (secondary N) is 2. The van der Waals surface area contributed by atoms with Crippen LogP contribution in [0.15, 0.2) is 78.9 Å². The van der Waals surface area contributed by atoms with E-state index in [1.807, 2.05) is 60.7 Å². The fraction of sp³-hybridized carbons (Fsp3) is 0.286. The van der Waals surface area contributed by atoms with E-state index in [-0.39, 0.29) is 11.8 Å². The zero-order chi connectivity index (χ0) is 22.9. The van der Waals surface area contributed by atoms with Gasteiger partial charge in [-0.25, -0.2) is 0 Å². The Labute approximate surface area is 195 Å². The number of nitrogens with zero attached hydrogens (tertiary/aromatic N) is 1. The molecule has 1 heterocycles. The highest BCUT2D eigenvalue weighted by atomic mass is 16.2. The Morgan fingerprint density at radius 1 is 0.727 bits per heavy atom. The van der Waals surface area contributed by atoms with Gasteiger partial charge in [0.05, 0.1) is 11.3 Å². The first-order valence-corrected chi connectivity index (χ1v) is 11.7. The molecule has 0 saturated carbocycles. The van der Waals surface area contributed by atoms with Gasteiger partial charge >= 0.3 is 0 Å². The Hall–Kier alpha value is -3.44. The van der Waals surface area contributed by atoms with Gasteiger partial charge in [-0.15, -0.1) is 0 Å². The monoisotopic (exact) mass is 441 g/mol. The first-order valence-electron chi connectivity index (χ1n) is 11.7. The van der Waals surface area contributed by atoms with Crippen LogP contribution in [0.1, 0.15) is 51.1 Å². The first kappa shape index (κ1) is 22.7. The number of hydrogen-bond donors (Lipinski definition) is 2. The summed E-state index contributed by atoms with van der Waals surface area (Å²) in [5.41, 5.74) is 3.93. The normalized spacial score (nSPS) is 13.9. The van der Waals surface area contributed by atoms with Crippen LogP contribution in [0, 0.1) is 0 Å². The second kappa shape index (κ2) is 11.4. The summed E-state index contributed by atoms with van der Waals surface area (Å²) in [6.45, 7) is 3.75. The van der Waals surface area contributed by atoms with Crippen LogP contribution in [-0.2, 0) is 13.0 Å². The molecular formula is C28H31N3O2. The van der Waals surface area contributed by atoms with Crippen LogP contribution in [0.4, 0.5) is 5.69 Å². The molecule has 1 fully saturated rings. The molecule has 2 N–H and O–H groups in total. The van der Waals surface area contributed by atoms with Crippen LogP contribution in [-0.4, -0.2) is 36.3 Å². The largest absolute Gasteiger partial charge is 0.352 e. The summed E-state index contributed by atoms with van der Waals surface area (Å²) >= 11 is 0. The number of likely N-dealkylation sites (tertiary alicyclic amines) is 1. The molecule has 0 radical (unpaired) electrons. The Morgan fingerprint density at radius 2 is 1.42 bits per heavy atom. The van der Waals surface area contributed by atoms with Crippen LogP contribution in [0.3, 0.4) is 0 Å². The van der Waals surface area contributed by atoms with Crippen LogP contribution in [0.25, 0.3) is 0 Å². The molecule has 4 rings (SSSR count). The molecule has 0 aromatic heterocycles. The average molecular weight is 442 g/mol. The standard InChI is InChI=1S/C28H31N3O2/c32-27(24-15-13-23(14-16-24)21-31-19-7-2-8-20-31)30-26-12-6-5-11-25(26)28(33)29-18-17-22-9-3-1-4-10-22/h1,3-6,9-16H,2,7-8,17-21H2,(H,29,33)(H,30,32). The predicted octanol–water partition coefficient (Wildman–Crippen LogP) is 4.90. The zero-order valence-corrected chi connectivity index (χ0v) is 18.9. The number of hydrogen-bond acceptors (Lipinski definition) is 3. The summed E-state index contributed by atoms with van der Waals surface area (Å²) in [6.07, 6.45) is 4.60. The lowest BCUT2D eigenvalue weighted by Crippen LogP contribution is -2.29. The second-order valence-electron chi connectivity index (χ2n) is 8.52. The van der Waals surface area contributed by atoms with Gasteiger partial charge in [-0.3, -0.25) is 14.5 Å². The van der Waals surface area contributed by atoms with Crippen molar-refractivity contribution in [2.75, 3.05) is 25.0 Å². The highest BCUT2D eigenvalue weighted by Gasteiger charge is 2.15. The van der Waals surface area contributed by atoms with E-state index in [1.165, 1.54) is 30.4 Å². The molecule has 33 heavy (non-hydrogen) atoms. The van der Waals surface area contributed by atoms with Crippen LogP contribution < -0.4 is 10.6 Å². The summed E-state index contributed by atoms with van der Waals surface area (Å²) in [4.78, 5) is 28.0. The minimum atomic E-state index is -0.218. The molecule has 3 aromatic rings. The van der Waals surface area contributed by atoms with Gasteiger partial charge in [0, 0.05) is 18.7 Å². The Kier molecular flexibility index (Phi) is 7.88. The molecule has 5 heteroatoms. The van der Waals surface area contributed by atoms with Crippen molar-refractivity contribution in [3.8, 4) is 0 Å². The number of benzene rings is 3. The SMILES string of the molecule is O=C(Nc1ccccc1C(=O)NCCc1ccccc1)c1ccc(CN2CCCCC2)cc1. The lowest BCUT2D eigenvalue weighted by molar-refractivity contribution is 0.0955. The van der Waals surface area contributed by atoms with Gasteiger partial charge in [0.25, 0.3) is 11.8 Å². The van der Waals surface area contributed by atoms with Crippen molar-refractivity contribution in [2.45, 2.75) is 32.2 Å². The predicted molar refractivity (Wildman–Crippen MR) is 132 cm³/mol. The second-order valence-corrected chi connectivity index (χ2v) is 8.52. The van der Waals surface area contributed by atoms with E-state index in [1.54, 1.807) is 18.2 Å². The third-order valence-electron chi connectivity index (χ3n) is 6.03. The van der Waals surface area contributed by atoms with E-state index in [2.05, 4.69) is 15.5 Å². The van der Waals surface area contributed by atoms with E-state index in [0.29, 0.717) is 23.4 Å². The Balaban J connectivity index is 1.34. The van der Waals surface area contributed by atoms with Crippen LogP contribution in [0.2, 0.25) is 0 Å². The Bertz CT molecular complexity index is 1060. The molecule has 0 aliphatic carbocycles. The van der Waals surface area contributed by atoms with Gasteiger partial charge < -0.3 is 10.6 Å². The number of rotatable bonds is 8. The van der Waals surface area contributed by atoms with Gasteiger partial charge in [0.15, 0.2) is 0 Å². The minimum Gasteiger partial charge on any atom is -0.352 e. The summed E-state index contributed by atoms with van der Waals surface area (Å²) in [7, 11) is 0. The zero-order valence-electron chi connectivity index (χ0n) is 18.9. The number of amides is 2. The first-order chi connectivity index (χ1) is 16.2.